The zero-order valence-electron chi connectivity index (χ0n) is 11.5. The summed E-state index contributed by atoms with van der Waals surface area (Å²) in [4.78, 5) is 16.5. The molecular formula is C9HF14NO3. The van der Waals surface area contributed by atoms with Gasteiger partial charge in [-0.3, -0.25) is 9.59 Å². The number of nitrogens with zero attached hydrogens (tertiary/aromatic N) is 1. The number of aldehydes is 1. The summed E-state index contributed by atoms with van der Waals surface area (Å²) in [6.45, 7) is 0. The second-order valence-corrected chi connectivity index (χ2v) is 4.73. The topological polar surface area (TPSA) is 46.6 Å². The Hall–Kier alpha value is -1.72. The molecular weight excluding hydrogens is 436 g/mol. The zero-order valence-corrected chi connectivity index (χ0v) is 11.5. The monoisotopic (exact) mass is 437 g/mol. The van der Waals surface area contributed by atoms with Crippen LogP contribution in [0.2, 0.25) is 0 Å². The van der Waals surface area contributed by atoms with E-state index in [9.17, 15) is 71.1 Å². The van der Waals surface area contributed by atoms with E-state index < -0.39 is 59.2 Å². The molecule has 1 unspecified atom stereocenters. The maximum atomic E-state index is 13.8. The van der Waals surface area contributed by atoms with Gasteiger partial charge < -0.3 is 0 Å². The van der Waals surface area contributed by atoms with Crippen molar-refractivity contribution >= 4 is 12.1 Å². The third-order valence-corrected chi connectivity index (χ3v) is 3.05. The molecule has 1 atom stereocenters. The highest BCUT2D eigenvalue weighted by atomic mass is 19.4. The molecule has 0 spiro atoms. The third kappa shape index (κ3) is 2.74. The van der Waals surface area contributed by atoms with Crippen LogP contribution in [0.15, 0.2) is 0 Å². The SMILES string of the molecule is O=CC(=O)C(F)(C(F)(F)F)C(F)(F)N1C(F)(F)C(F)(F)OC(F)(F)C1(F)F. The van der Waals surface area contributed by atoms with E-state index in [1.165, 1.54) is 0 Å². The van der Waals surface area contributed by atoms with Crippen LogP contribution in [-0.2, 0) is 14.3 Å². The molecule has 0 aromatic rings. The van der Waals surface area contributed by atoms with Crippen LogP contribution in [-0.4, -0.2) is 59.2 Å². The van der Waals surface area contributed by atoms with Crippen LogP contribution in [0.25, 0.3) is 0 Å². The Morgan fingerprint density at radius 2 is 1.11 bits per heavy atom. The lowest BCUT2D eigenvalue weighted by molar-refractivity contribution is -0.592. The first-order chi connectivity index (χ1) is 11.6. The van der Waals surface area contributed by atoms with Crippen molar-refractivity contribution in [3.63, 3.8) is 0 Å². The van der Waals surface area contributed by atoms with Crippen molar-refractivity contribution in [3.8, 4) is 0 Å². The van der Waals surface area contributed by atoms with Gasteiger partial charge in [-0.2, -0.15) is 57.1 Å². The number of Topliss-reactive ketones (excluding diaryl/α,β-unsaturated/α-hetero) is 1. The number of alkyl halides is 14. The number of morpholine rings is 1. The molecule has 4 nitrogen and oxygen atoms in total. The summed E-state index contributed by atoms with van der Waals surface area (Å²) in [6.07, 6.45) is -23.5. The quantitative estimate of drug-likeness (QED) is 0.293. The molecule has 1 rings (SSSR count). The fourth-order valence-corrected chi connectivity index (χ4v) is 1.77. The number of hydrogen-bond acceptors (Lipinski definition) is 4. The van der Waals surface area contributed by atoms with Gasteiger partial charge in [0.1, 0.15) is 0 Å². The molecule has 1 aliphatic heterocycles. The lowest BCUT2D eigenvalue weighted by Gasteiger charge is -2.51. The van der Waals surface area contributed by atoms with Crippen LogP contribution in [0.1, 0.15) is 0 Å². The summed E-state index contributed by atoms with van der Waals surface area (Å²) < 4.78 is 185. The number of carbonyl (C=O) groups excluding carboxylic acids is 2. The van der Waals surface area contributed by atoms with Crippen molar-refractivity contribution in [1.29, 1.82) is 0 Å². The summed E-state index contributed by atoms with van der Waals surface area (Å²) in [6, 6.07) is -22.7. The van der Waals surface area contributed by atoms with E-state index in [4.69, 9.17) is 0 Å². The summed E-state index contributed by atoms with van der Waals surface area (Å²) in [5.74, 6) is -4.05. The minimum atomic E-state index is -7.87. The first-order valence-corrected chi connectivity index (χ1v) is 5.70. The number of ketones is 1. The summed E-state index contributed by atoms with van der Waals surface area (Å²) in [7, 11) is 0. The van der Waals surface area contributed by atoms with Gasteiger partial charge >= 0.3 is 42.2 Å². The van der Waals surface area contributed by atoms with Crippen molar-refractivity contribution in [2.75, 3.05) is 0 Å². The van der Waals surface area contributed by atoms with Gasteiger partial charge in [-0.15, -0.1) is 4.90 Å². The molecule has 1 saturated heterocycles. The molecule has 0 aliphatic carbocycles. The molecule has 0 N–H and O–H groups in total. The normalized spacial score (nSPS) is 26.9. The molecule has 1 fully saturated rings. The van der Waals surface area contributed by atoms with Crippen LogP contribution in [0.5, 0.6) is 0 Å². The average Bonchev–Trinajstić information content (AvgIpc) is 2.40. The number of ether oxygens (including phenoxy) is 1. The van der Waals surface area contributed by atoms with E-state index in [1.54, 1.807) is 4.74 Å². The first-order valence-electron chi connectivity index (χ1n) is 5.70. The van der Waals surface area contributed by atoms with E-state index in [2.05, 4.69) is 0 Å². The molecule has 0 radical (unpaired) electrons. The molecule has 1 aliphatic rings. The van der Waals surface area contributed by atoms with Crippen molar-refractivity contribution < 1.29 is 75.8 Å². The van der Waals surface area contributed by atoms with Gasteiger partial charge in [0, 0.05) is 0 Å². The standard InChI is InChI=1S/C9HF14NO3/c10-3(2(26)1-25,4(11,12)13)5(14,15)24-6(16,17)8(20,21)27-9(22,23)7(24,18)19/h1H. The highest BCUT2D eigenvalue weighted by Gasteiger charge is 2.92. The Morgan fingerprint density at radius 3 is 1.37 bits per heavy atom. The maximum absolute atomic E-state index is 13.8. The molecule has 0 aromatic heterocycles. The lowest BCUT2D eigenvalue weighted by atomic mass is 9.95. The Balaban J connectivity index is 3.93. The van der Waals surface area contributed by atoms with E-state index in [1.807, 2.05) is 0 Å². The molecule has 0 amide bonds. The fourth-order valence-electron chi connectivity index (χ4n) is 1.77. The summed E-state index contributed by atoms with van der Waals surface area (Å²) >= 11 is 0. The molecule has 18 heteroatoms. The molecule has 158 valence electrons. The second kappa shape index (κ2) is 5.65. The number of rotatable bonds is 4. The van der Waals surface area contributed by atoms with Gasteiger partial charge in [-0.25, -0.2) is 9.13 Å². The van der Waals surface area contributed by atoms with Crippen LogP contribution in [0.3, 0.4) is 0 Å². The van der Waals surface area contributed by atoms with Crippen LogP contribution >= 0.6 is 0 Å². The Kier molecular flexibility index (Phi) is 4.88. The van der Waals surface area contributed by atoms with Gasteiger partial charge in [0.25, 0.3) is 0 Å². The van der Waals surface area contributed by atoms with Crippen LogP contribution in [0, 0.1) is 0 Å². The summed E-state index contributed by atoms with van der Waals surface area (Å²) in [5.41, 5.74) is -7.35. The van der Waals surface area contributed by atoms with E-state index in [-0.39, 0.29) is 0 Å². The smallest absolute Gasteiger partial charge is 0.294 e. The van der Waals surface area contributed by atoms with Gasteiger partial charge in [-0.1, -0.05) is 0 Å². The Morgan fingerprint density at radius 1 is 0.778 bits per heavy atom. The fraction of sp³-hybridized carbons (Fsp3) is 0.778. The first kappa shape index (κ1) is 23.3. The van der Waals surface area contributed by atoms with Crippen molar-refractivity contribution in [1.82, 2.24) is 4.90 Å². The van der Waals surface area contributed by atoms with Gasteiger partial charge in [0.05, 0.1) is 0 Å². The van der Waals surface area contributed by atoms with E-state index in [0.717, 1.165) is 0 Å². The van der Waals surface area contributed by atoms with Crippen molar-refractivity contribution in [2.45, 2.75) is 42.2 Å². The van der Waals surface area contributed by atoms with Crippen molar-refractivity contribution in [3.05, 3.63) is 0 Å². The van der Waals surface area contributed by atoms with Gasteiger partial charge in [-0.05, 0) is 0 Å². The molecule has 1 heterocycles. The summed E-state index contributed by atoms with van der Waals surface area (Å²) in [5, 5.41) is 0. The number of carbonyl (C=O) groups is 2. The van der Waals surface area contributed by atoms with E-state index in [0.29, 0.717) is 0 Å². The van der Waals surface area contributed by atoms with Gasteiger partial charge in [0.15, 0.2) is 6.29 Å². The number of halogens is 14. The Bertz CT molecular complexity index is 616. The lowest BCUT2D eigenvalue weighted by Crippen LogP contribution is -2.82. The Labute approximate surface area is 136 Å². The molecule has 0 saturated carbocycles. The molecule has 0 aromatic carbocycles. The van der Waals surface area contributed by atoms with Crippen molar-refractivity contribution in [2.24, 2.45) is 0 Å². The second-order valence-electron chi connectivity index (χ2n) is 4.73. The predicted molar refractivity (Wildman–Crippen MR) is 48.6 cm³/mol. The predicted octanol–water partition coefficient (Wildman–Crippen LogP) is 3.32. The molecule has 0 bridgehead atoms. The molecule has 27 heavy (non-hydrogen) atoms. The van der Waals surface area contributed by atoms with Crippen LogP contribution in [0.4, 0.5) is 61.5 Å². The highest BCUT2D eigenvalue weighted by molar-refractivity contribution is 6.29. The third-order valence-electron chi connectivity index (χ3n) is 3.05. The average molecular weight is 437 g/mol. The highest BCUT2D eigenvalue weighted by Crippen LogP contribution is 2.62. The van der Waals surface area contributed by atoms with Crippen LogP contribution < -0.4 is 0 Å². The maximum Gasteiger partial charge on any atom is 0.439 e. The minimum absolute atomic E-state index is 1.70. The largest absolute Gasteiger partial charge is 0.439 e. The zero-order chi connectivity index (χ0) is 22.1. The van der Waals surface area contributed by atoms with Gasteiger partial charge in [0.2, 0.25) is 5.78 Å². The minimum Gasteiger partial charge on any atom is -0.294 e. The van der Waals surface area contributed by atoms with E-state index >= 15 is 0 Å². The number of hydrogen-bond donors (Lipinski definition) is 0.